The standard InChI is InChI=1S/C19H31NO/c1-5-19(6-2,20-13-7-8-14-20)18(21)17-11-9-16(10-12-17)15(3)4/h9-12,15,18,21H,5-8,13-14H2,1-4H3. The van der Waals surface area contributed by atoms with Crippen LogP contribution in [0.25, 0.3) is 0 Å². The van der Waals surface area contributed by atoms with Crippen LogP contribution in [0.15, 0.2) is 24.3 Å². The van der Waals surface area contributed by atoms with Gasteiger partial charge in [0.05, 0.1) is 11.6 Å². The van der Waals surface area contributed by atoms with Crippen molar-refractivity contribution in [3.63, 3.8) is 0 Å². The van der Waals surface area contributed by atoms with Crippen LogP contribution in [0.1, 0.15) is 76.5 Å². The Morgan fingerprint density at radius 3 is 1.90 bits per heavy atom. The largest absolute Gasteiger partial charge is 0.386 e. The Kier molecular flexibility index (Phi) is 5.45. The molecule has 1 fully saturated rings. The molecule has 1 aromatic carbocycles. The van der Waals surface area contributed by atoms with Gasteiger partial charge >= 0.3 is 0 Å². The first-order valence-electron chi connectivity index (χ1n) is 8.58. The van der Waals surface area contributed by atoms with E-state index < -0.39 is 6.10 Å². The predicted octanol–water partition coefficient (Wildman–Crippen LogP) is 4.50. The molecule has 1 unspecified atom stereocenters. The summed E-state index contributed by atoms with van der Waals surface area (Å²) >= 11 is 0. The third kappa shape index (κ3) is 3.17. The van der Waals surface area contributed by atoms with Crippen LogP contribution in [0.4, 0.5) is 0 Å². The van der Waals surface area contributed by atoms with E-state index in [0.29, 0.717) is 5.92 Å². The van der Waals surface area contributed by atoms with Gasteiger partial charge in [0.2, 0.25) is 0 Å². The molecule has 0 saturated carbocycles. The van der Waals surface area contributed by atoms with Crippen molar-refractivity contribution in [2.45, 2.75) is 70.9 Å². The number of hydrogen-bond donors (Lipinski definition) is 1. The molecule has 2 nitrogen and oxygen atoms in total. The molecule has 0 spiro atoms. The van der Waals surface area contributed by atoms with Crippen molar-refractivity contribution in [3.8, 4) is 0 Å². The maximum Gasteiger partial charge on any atom is 0.0973 e. The molecule has 0 radical (unpaired) electrons. The normalized spacial score (nSPS) is 18.4. The SMILES string of the molecule is CCC(CC)(C(O)c1ccc(C(C)C)cc1)N1CCCC1. The first kappa shape index (κ1) is 16.5. The molecule has 0 aromatic heterocycles. The van der Waals surface area contributed by atoms with E-state index >= 15 is 0 Å². The molecule has 21 heavy (non-hydrogen) atoms. The van der Waals surface area contributed by atoms with Gasteiger partial charge in [-0.25, -0.2) is 0 Å². The van der Waals surface area contributed by atoms with E-state index in [2.05, 4.69) is 56.9 Å². The van der Waals surface area contributed by atoms with Gasteiger partial charge in [0, 0.05) is 0 Å². The second-order valence-electron chi connectivity index (χ2n) is 6.73. The third-order valence-corrected chi connectivity index (χ3v) is 5.39. The van der Waals surface area contributed by atoms with Gasteiger partial charge in [-0.3, -0.25) is 4.90 Å². The minimum atomic E-state index is -0.396. The molecule has 0 aliphatic carbocycles. The van der Waals surface area contributed by atoms with Crippen LogP contribution in [-0.4, -0.2) is 28.6 Å². The molecule has 118 valence electrons. The molecule has 1 aromatic rings. The highest BCUT2D eigenvalue weighted by atomic mass is 16.3. The van der Waals surface area contributed by atoms with Crippen molar-refractivity contribution >= 4 is 0 Å². The summed E-state index contributed by atoms with van der Waals surface area (Å²) in [6, 6.07) is 8.58. The van der Waals surface area contributed by atoms with Crippen molar-refractivity contribution < 1.29 is 5.11 Å². The van der Waals surface area contributed by atoms with Crippen LogP contribution in [0.5, 0.6) is 0 Å². The molecule has 0 bridgehead atoms. The van der Waals surface area contributed by atoms with Gasteiger partial charge in [0.25, 0.3) is 0 Å². The van der Waals surface area contributed by atoms with Crippen LogP contribution in [0, 0.1) is 0 Å². The quantitative estimate of drug-likeness (QED) is 0.833. The molecular formula is C19H31NO. The maximum absolute atomic E-state index is 11.1. The summed E-state index contributed by atoms with van der Waals surface area (Å²) in [7, 11) is 0. The molecule has 1 N–H and O–H groups in total. The molecule has 0 amide bonds. The first-order chi connectivity index (χ1) is 10.0. The molecular weight excluding hydrogens is 258 g/mol. The molecule has 2 heteroatoms. The second-order valence-corrected chi connectivity index (χ2v) is 6.73. The number of aliphatic hydroxyl groups excluding tert-OH is 1. The highest BCUT2D eigenvalue weighted by molar-refractivity contribution is 5.28. The number of aliphatic hydroxyl groups is 1. The summed E-state index contributed by atoms with van der Waals surface area (Å²) in [5.41, 5.74) is 2.30. The van der Waals surface area contributed by atoms with Crippen LogP contribution in [0.2, 0.25) is 0 Å². The zero-order valence-corrected chi connectivity index (χ0v) is 14.1. The van der Waals surface area contributed by atoms with Crippen molar-refractivity contribution in [1.82, 2.24) is 4.90 Å². The van der Waals surface area contributed by atoms with E-state index in [1.54, 1.807) is 0 Å². The summed E-state index contributed by atoms with van der Waals surface area (Å²) in [4.78, 5) is 2.52. The van der Waals surface area contributed by atoms with Crippen molar-refractivity contribution in [1.29, 1.82) is 0 Å². The van der Waals surface area contributed by atoms with Crippen LogP contribution < -0.4 is 0 Å². The van der Waals surface area contributed by atoms with E-state index in [9.17, 15) is 5.11 Å². The number of rotatable bonds is 6. The lowest BCUT2D eigenvalue weighted by Gasteiger charge is -2.44. The molecule has 1 saturated heterocycles. The fourth-order valence-corrected chi connectivity index (χ4v) is 3.79. The number of likely N-dealkylation sites (tertiary alicyclic amines) is 1. The minimum Gasteiger partial charge on any atom is -0.386 e. The van der Waals surface area contributed by atoms with Gasteiger partial charge in [-0.15, -0.1) is 0 Å². The Bertz CT molecular complexity index is 427. The van der Waals surface area contributed by atoms with Gasteiger partial charge < -0.3 is 5.11 Å². The zero-order valence-electron chi connectivity index (χ0n) is 14.1. The lowest BCUT2D eigenvalue weighted by Crippen LogP contribution is -2.51. The van der Waals surface area contributed by atoms with E-state index in [-0.39, 0.29) is 5.54 Å². The molecule has 1 heterocycles. The number of hydrogen-bond acceptors (Lipinski definition) is 2. The Morgan fingerprint density at radius 2 is 1.48 bits per heavy atom. The lowest BCUT2D eigenvalue weighted by molar-refractivity contribution is -0.0295. The van der Waals surface area contributed by atoms with Crippen molar-refractivity contribution in [2.24, 2.45) is 0 Å². The Hall–Kier alpha value is -0.860. The molecule has 1 aliphatic heterocycles. The molecule has 1 aliphatic rings. The van der Waals surface area contributed by atoms with Crippen LogP contribution in [-0.2, 0) is 0 Å². The minimum absolute atomic E-state index is 0.101. The monoisotopic (exact) mass is 289 g/mol. The summed E-state index contributed by atoms with van der Waals surface area (Å²) < 4.78 is 0. The summed E-state index contributed by atoms with van der Waals surface area (Å²) in [5, 5.41) is 11.1. The van der Waals surface area contributed by atoms with Gasteiger partial charge in [-0.1, -0.05) is 52.0 Å². The van der Waals surface area contributed by atoms with Crippen molar-refractivity contribution in [3.05, 3.63) is 35.4 Å². The topological polar surface area (TPSA) is 23.5 Å². The van der Waals surface area contributed by atoms with E-state index in [1.807, 2.05) is 0 Å². The van der Waals surface area contributed by atoms with E-state index in [1.165, 1.54) is 18.4 Å². The smallest absolute Gasteiger partial charge is 0.0973 e. The average Bonchev–Trinajstić information content (AvgIpc) is 3.04. The summed E-state index contributed by atoms with van der Waals surface area (Å²) in [6.45, 7) is 11.1. The first-order valence-corrected chi connectivity index (χ1v) is 8.58. The fraction of sp³-hybridized carbons (Fsp3) is 0.684. The Morgan fingerprint density at radius 1 is 1.00 bits per heavy atom. The molecule has 1 atom stereocenters. The predicted molar refractivity (Wildman–Crippen MR) is 89.6 cm³/mol. The summed E-state index contributed by atoms with van der Waals surface area (Å²) in [6.07, 6.45) is 4.13. The average molecular weight is 289 g/mol. The maximum atomic E-state index is 11.1. The van der Waals surface area contributed by atoms with Crippen LogP contribution in [0.3, 0.4) is 0 Å². The molecule has 2 rings (SSSR count). The van der Waals surface area contributed by atoms with Crippen LogP contribution >= 0.6 is 0 Å². The van der Waals surface area contributed by atoms with Gasteiger partial charge in [0.15, 0.2) is 0 Å². The Balaban J connectivity index is 2.27. The number of benzene rings is 1. The summed E-state index contributed by atoms with van der Waals surface area (Å²) in [5.74, 6) is 0.539. The fourth-order valence-electron chi connectivity index (χ4n) is 3.79. The van der Waals surface area contributed by atoms with E-state index in [4.69, 9.17) is 0 Å². The van der Waals surface area contributed by atoms with E-state index in [0.717, 1.165) is 31.5 Å². The second kappa shape index (κ2) is 6.93. The zero-order chi connectivity index (χ0) is 15.5. The van der Waals surface area contributed by atoms with Gasteiger partial charge in [-0.05, 0) is 55.8 Å². The third-order valence-electron chi connectivity index (χ3n) is 5.39. The van der Waals surface area contributed by atoms with Gasteiger partial charge in [0.1, 0.15) is 0 Å². The Labute approximate surface area is 130 Å². The van der Waals surface area contributed by atoms with Gasteiger partial charge in [-0.2, -0.15) is 0 Å². The number of nitrogens with zero attached hydrogens (tertiary/aromatic N) is 1. The lowest BCUT2D eigenvalue weighted by atomic mass is 9.81. The highest BCUT2D eigenvalue weighted by Gasteiger charge is 2.41. The van der Waals surface area contributed by atoms with Crippen molar-refractivity contribution in [2.75, 3.05) is 13.1 Å². The highest BCUT2D eigenvalue weighted by Crippen LogP contribution is 2.39.